The van der Waals surface area contributed by atoms with Gasteiger partial charge in [-0.25, -0.2) is 0 Å². The van der Waals surface area contributed by atoms with Crippen molar-refractivity contribution in [2.75, 3.05) is 7.05 Å². The highest BCUT2D eigenvalue weighted by Crippen LogP contribution is 2.07. The Balaban J connectivity index is 3.98. The topological polar surface area (TPSA) is 3.24 Å². The highest BCUT2D eigenvalue weighted by atomic mass is 15.1. The third kappa shape index (κ3) is 5.63. The van der Waals surface area contributed by atoms with Gasteiger partial charge in [0, 0.05) is 18.4 Å². The van der Waals surface area contributed by atoms with E-state index >= 15 is 0 Å². The maximum Gasteiger partial charge on any atom is 0.0142 e. The molecule has 1 nitrogen and oxygen atoms in total. The van der Waals surface area contributed by atoms with Gasteiger partial charge in [0.1, 0.15) is 0 Å². The molecule has 0 saturated carbocycles. The van der Waals surface area contributed by atoms with Gasteiger partial charge in [-0.2, -0.15) is 0 Å². The molecule has 0 unspecified atom stereocenters. The predicted octanol–water partition coefficient (Wildman–Crippen LogP) is 4.10. The van der Waals surface area contributed by atoms with Gasteiger partial charge in [0.05, 0.1) is 0 Å². The number of hydrogen-bond acceptors (Lipinski definition) is 1. The van der Waals surface area contributed by atoms with Gasteiger partial charge in [-0.15, -0.1) is 0 Å². The molecule has 0 aliphatic rings. The van der Waals surface area contributed by atoms with E-state index in [0.29, 0.717) is 0 Å². The first-order valence-corrected chi connectivity index (χ1v) is 5.32. The number of rotatable bonds is 6. The monoisotopic (exact) mass is 193 g/mol. The standard InChI is InChI=1S/C13H23N/c1-6-7-8-9-10-11-13(4)14(5)12(2)3/h9-11H,2,6-8H2,1,3-5H3/b10-9-,13-11+. The lowest BCUT2D eigenvalue weighted by atomic mass is 10.2. The second-order valence-corrected chi connectivity index (χ2v) is 3.67. The van der Waals surface area contributed by atoms with Crippen molar-refractivity contribution >= 4 is 0 Å². The van der Waals surface area contributed by atoms with Gasteiger partial charge in [0.2, 0.25) is 0 Å². The average molecular weight is 193 g/mol. The van der Waals surface area contributed by atoms with E-state index in [1.807, 2.05) is 14.0 Å². The van der Waals surface area contributed by atoms with Crippen LogP contribution in [0.15, 0.2) is 36.2 Å². The van der Waals surface area contributed by atoms with Gasteiger partial charge in [-0.1, -0.05) is 38.5 Å². The quantitative estimate of drug-likeness (QED) is 0.453. The lowest BCUT2D eigenvalue weighted by Crippen LogP contribution is -2.11. The minimum Gasteiger partial charge on any atom is -0.353 e. The van der Waals surface area contributed by atoms with Gasteiger partial charge < -0.3 is 4.90 Å². The van der Waals surface area contributed by atoms with Gasteiger partial charge in [-0.3, -0.25) is 0 Å². The van der Waals surface area contributed by atoms with Crippen LogP contribution in [0, 0.1) is 0 Å². The van der Waals surface area contributed by atoms with Gasteiger partial charge in [0.15, 0.2) is 0 Å². The molecule has 0 radical (unpaired) electrons. The van der Waals surface area contributed by atoms with Crippen LogP contribution in [0.3, 0.4) is 0 Å². The molecule has 0 fully saturated rings. The molecular formula is C13H23N. The van der Waals surface area contributed by atoms with Crippen molar-refractivity contribution in [1.29, 1.82) is 0 Å². The van der Waals surface area contributed by atoms with E-state index in [9.17, 15) is 0 Å². The van der Waals surface area contributed by atoms with Crippen LogP contribution in [0.4, 0.5) is 0 Å². The zero-order valence-electron chi connectivity index (χ0n) is 10.0. The van der Waals surface area contributed by atoms with Crippen molar-refractivity contribution in [2.45, 2.75) is 40.0 Å². The molecule has 0 aromatic heterocycles. The van der Waals surface area contributed by atoms with Crippen LogP contribution in [0.5, 0.6) is 0 Å². The van der Waals surface area contributed by atoms with Crippen molar-refractivity contribution < 1.29 is 0 Å². The lowest BCUT2D eigenvalue weighted by Gasteiger charge is -2.18. The summed E-state index contributed by atoms with van der Waals surface area (Å²) in [5.41, 5.74) is 2.30. The molecule has 0 aliphatic heterocycles. The molecule has 0 rings (SSSR count). The van der Waals surface area contributed by atoms with Crippen molar-refractivity contribution in [3.05, 3.63) is 36.2 Å². The predicted molar refractivity (Wildman–Crippen MR) is 65.0 cm³/mol. The third-order valence-electron chi connectivity index (χ3n) is 2.30. The van der Waals surface area contributed by atoms with Crippen molar-refractivity contribution in [1.82, 2.24) is 4.90 Å². The summed E-state index contributed by atoms with van der Waals surface area (Å²) in [6.45, 7) is 10.2. The number of hydrogen-bond donors (Lipinski definition) is 0. The van der Waals surface area contributed by atoms with Crippen LogP contribution < -0.4 is 0 Å². The van der Waals surface area contributed by atoms with E-state index in [1.54, 1.807) is 0 Å². The van der Waals surface area contributed by atoms with E-state index in [-0.39, 0.29) is 0 Å². The maximum absolute atomic E-state index is 3.89. The van der Waals surface area contributed by atoms with Crippen molar-refractivity contribution in [2.24, 2.45) is 0 Å². The van der Waals surface area contributed by atoms with E-state index in [4.69, 9.17) is 0 Å². The lowest BCUT2D eigenvalue weighted by molar-refractivity contribution is 0.524. The molecule has 0 aromatic rings. The van der Waals surface area contributed by atoms with Crippen LogP contribution in [0.25, 0.3) is 0 Å². The average Bonchev–Trinajstić information content (AvgIpc) is 2.16. The molecule has 0 saturated heterocycles. The maximum atomic E-state index is 3.89. The molecule has 0 amide bonds. The Bertz CT molecular complexity index is 223. The number of allylic oxidation sites excluding steroid dienone is 5. The highest BCUT2D eigenvalue weighted by Gasteiger charge is 1.95. The molecule has 0 bridgehead atoms. The van der Waals surface area contributed by atoms with Crippen molar-refractivity contribution in [3.8, 4) is 0 Å². The summed E-state index contributed by atoms with van der Waals surface area (Å²) in [6.07, 6.45) is 10.2. The molecule has 0 N–H and O–H groups in total. The first-order valence-electron chi connectivity index (χ1n) is 5.32. The fraction of sp³-hybridized carbons (Fsp3) is 0.538. The summed E-state index contributed by atoms with van der Waals surface area (Å²) in [7, 11) is 2.04. The van der Waals surface area contributed by atoms with Crippen molar-refractivity contribution in [3.63, 3.8) is 0 Å². The summed E-state index contributed by atoms with van der Waals surface area (Å²) in [6, 6.07) is 0. The normalized spacial score (nSPS) is 12.1. The summed E-state index contributed by atoms with van der Waals surface area (Å²) < 4.78 is 0. The summed E-state index contributed by atoms with van der Waals surface area (Å²) >= 11 is 0. The molecule has 0 spiro atoms. The first kappa shape index (κ1) is 13.0. The van der Waals surface area contributed by atoms with Crippen LogP contribution in [0.2, 0.25) is 0 Å². The zero-order valence-corrected chi connectivity index (χ0v) is 10.0. The van der Waals surface area contributed by atoms with E-state index in [0.717, 1.165) is 5.70 Å². The second kappa shape index (κ2) is 7.43. The SMILES string of the molecule is C=C(C)N(C)/C(C)=C/C=C\CCCC. The summed E-state index contributed by atoms with van der Waals surface area (Å²) in [5.74, 6) is 0. The number of nitrogens with zero attached hydrogens (tertiary/aromatic N) is 1. The summed E-state index contributed by atoms with van der Waals surface area (Å²) in [5, 5.41) is 0. The Hall–Kier alpha value is -0.980. The molecule has 1 heteroatoms. The molecule has 0 heterocycles. The van der Waals surface area contributed by atoms with Crippen LogP contribution in [-0.4, -0.2) is 11.9 Å². The largest absolute Gasteiger partial charge is 0.353 e. The van der Waals surface area contributed by atoms with E-state index in [2.05, 4.69) is 43.6 Å². The Kier molecular flexibility index (Phi) is 6.91. The van der Waals surface area contributed by atoms with E-state index < -0.39 is 0 Å². The fourth-order valence-electron chi connectivity index (χ4n) is 1.04. The Morgan fingerprint density at radius 2 is 2.00 bits per heavy atom. The smallest absolute Gasteiger partial charge is 0.0142 e. The van der Waals surface area contributed by atoms with Gasteiger partial charge in [-0.05, 0) is 26.3 Å². The molecule has 0 aliphatic carbocycles. The molecule has 80 valence electrons. The summed E-state index contributed by atoms with van der Waals surface area (Å²) in [4.78, 5) is 2.09. The van der Waals surface area contributed by atoms with Gasteiger partial charge in [0.25, 0.3) is 0 Å². The van der Waals surface area contributed by atoms with Crippen LogP contribution in [0.1, 0.15) is 40.0 Å². The minimum atomic E-state index is 1.07. The molecule has 14 heavy (non-hydrogen) atoms. The molecular weight excluding hydrogens is 170 g/mol. The Labute approximate surface area is 88.8 Å². The Morgan fingerprint density at radius 1 is 1.36 bits per heavy atom. The third-order valence-corrected chi connectivity index (χ3v) is 2.30. The highest BCUT2D eigenvalue weighted by molar-refractivity contribution is 5.13. The Morgan fingerprint density at radius 3 is 2.50 bits per heavy atom. The second-order valence-electron chi connectivity index (χ2n) is 3.67. The first-order chi connectivity index (χ1) is 6.59. The number of unbranched alkanes of at least 4 members (excludes halogenated alkanes) is 2. The van der Waals surface area contributed by atoms with Crippen LogP contribution >= 0.6 is 0 Å². The van der Waals surface area contributed by atoms with Crippen LogP contribution in [-0.2, 0) is 0 Å². The molecule has 0 aromatic carbocycles. The van der Waals surface area contributed by atoms with E-state index in [1.165, 1.54) is 25.0 Å². The molecule has 0 atom stereocenters. The fourth-order valence-corrected chi connectivity index (χ4v) is 1.04. The van der Waals surface area contributed by atoms with Gasteiger partial charge >= 0.3 is 0 Å². The minimum absolute atomic E-state index is 1.07. The zero-order chi connectivity index (χ0) is 11.0.